The first-order valence-electron chi connectivity index (χ1n) is 15.7. The predicted molar refractivity (Wildman–Crippen MR) is 179 cm³/mol. The summed E-state index contributed by atoms with van der Waals surface area (Å²) < 4.78 is 0. The standard InChI is InChI=1S/C12H18.C11H17N.C10H22.C4H11N/c1-9(2)11-6-5-7-12(8-11)10(3)4;1-8(2)10-5-11(9(3)4)7-12-6-10;1-8(2)6-10(5)7-9(3)4;1-4-5(2)3/h5-10H,1-4H3;5-9H,1-4H3;8-10H,6-7H2,1-5H3;4H2,1-3H3. The molecule has 0 bridgehead atoms. The van der Waals surface area contributed by atoms with Gasteiger partial charge in [-0.1, -0.05) is 127 Å². The monoisotopic (exact) mass is 541 g/mol. The van der Waals surface area contributed by atoms with E-state index in [0.717, 1.165) is 24.3 Å². The van der Waals surface area contributed by atoms with E-state index in [9.17, 15) is 0 Å². The summed E-state index contributed by atoms with van der Waals surface area (Å²) in [6, 6.07) is 11.1. The quantitative estimate of drug-likeness (QED) is 0.314. The minimum Gasteiger partial charge on any atom is -0.310 e. The summed E-state index contributed by atoms with van der Waals surface area (Å²) in [5.74, 6) is 5.10. The van der Waals surface area contributed by atoms with E-state index in [4.69, 9.17) is 0 Å². The van der Waals surface area contributed by atoms with Crippen LogP contribution in [0.2, 0.25) is 0 Å². The molecule has 0 fully saturated rings. The van der Waals surface area contributed by atoms with Gasteiger partial charge in [0.2, 0.25) is 0 Å². The van der Waals surface area contributed by atoms with Crippen LogP contribution in [0.3, 0.4) is 0 Å². The number of nitrogens with zero attached hydrogens (tertiary/aromatic N) is 2. The summed E-state index contributed by atoms with van der Waals surface area (Å²) in [7, 11) is 4.11. The lowest BCUT2D eigenvalue weighted by molar-refractivity contribution is 0.368. The molecule has 0 aliphatic rings. The van der Waals surface area contributed by atoms with Gasteiger partial charge in [-0.3, -0.25) is 4.98 Å². The molecule has 0 amide bonds. The molecule has 1 heterocycles. The summed E-state index contributed by atoms with van der Waals surface area (Å²) in [5.41, 5.74) is 5.56. The highest BCUT2D eigenvalue weighted by atomic mass is 15.0. The Balaban J connectivity index is 0. The SMILES string of the molecule is CC(C)CC(C)CC(C)C.CC(C)c1cccc(C(C)C)c1.CC(C)c1cncc(C(C)C)c1.CCN(C)C. The van der Waals surface area contributed by atoms with Crippen LogP contribution in [-0.4, -0.2) is 30.5 Å². The van der Waals surface area contributed by atoms with Crippen molar-refractivity contribution in [3.8, 4) is 0 Å². The van der Waals surface area contributed by atoms with Crippen LogP contribution in [-0.2, 0) is 0 Å². The Bertz CT molecular complexity index is 719. The largest absolute Gasteiger partial charge is 0.310 e. The fourth-order valence-electron chi connectivity index (χ4n) is 4.09. The molecule has 226 valence electrons. The van der Waals surface area contributed by atoms with E-state index in [-0.39, 0.29) is 0 Å². The third-order valence-electron chi connectivity index (χ3n) is 6.74. The van der Waals surface area contributed by atoms with E-state index >= 15 is 0 Å². The van der Waals surface area contributed by atoms with Crippen LogP contribution < -0.4 is 0 Å². The molecule has 39 heavy (non-hydrogen) atoms. The van der Waals surface area contributed by atoms with Crippen LogP contribution in [0.15, 0.2) is 42.7 Å². The van der Waals surface area contributed by atoms with Crippen molar-refractivity contribution in [2.75, 3.05) is 20.6 Å². The average Bonchev–Trinajstić information content (AvgIpc) is 2.84. The number of pyridine rings is 1. The van der Waals surface area contributed by atoms with Crippen molar-refractivity contribution in [1.82, 2.24) is 9.88 Å². The zero-order valence-electron chi connectivity index (χ0n) is 29.1. The Morgan fingerprint density at radius 2 is 0.872 bits per heavy atom. The summed E-state index contributed by atoms with van der Waals surface area (Å²) >= 11 is 0. The van der Waals surface area contributed by atoms with Gasteiger partial charge in [-0.05, 0) is 97.2 Å². The molecule has 0 radical (unpaired) electrons. The van der Waals surface area contributed by atoms with Gasteiger partial charge in [0.25, 0.3) is 0 Å². The molecule has 2 aromatic rings. The summed E-state index contributed by atoms with van der Waals surface area (Å²) in [5, 5.41) is 0. The normalized spacial score (nSPS) is 11.2. The molecule has 1 aromatic heterocycles. The Labute approximate surface area is 246 Å². The molecule has 2 rings (SSSR count). The zero-order valence-corrected chi connectivity index (χ0v) is 29.1. The second-order valence-corrected chi connectivity index (χ2v) is 13.6. The minimum absolute atomic E-state index is 0.580. The molecule has 0 unspecified atom stereocenters. The van der Waals surface area contributed by atoms with Crippen molar-refractivity contribution in [2.24, 2.45) is 17.8 Å². The first kappa shape index (κ1) is 39.5. The van der Waals surface area contributed by atoms with Crippen LogP contribution in [0.1, 0.15) is 156 Å². The lowest BCUT2D eigenvalue weighted by Crippen LogP contribution is -2.08. The van der Waals surface area contributed by atoms with E-state index in [1.807, 2.05) is 12.4 Å². The smallest absolute Gasteiger partial charge is 0.0302 e. The second kappa shape index (κ2) is 22.1. The number of hydrogen-bond donors (Lipinski definition) is 0. The maximum Gasteiger partial charge on any atom is 0.0302 e. The molecule has 0 atom stereocenters. The minimum atomic E-state index is 0.580. The van der Waals surface area contributed by atoms with Crippen LogP contribution in [0.5, 0.6) is 0 Å². The highest BCUT2D eigenvalue weighted by molar-refractivity contribution is 5.27. The molecule has 0 spiro atoms. The highest BCUT2D eigenvalue weighted by Crippen LogP contribution is 2.21. The Hall–Kier alpha value is -1.67. The van der Waals surface area contributed by atoms with E-state index in [1.165, 1.54) is 35.1 Å². The molecular formula is C37H68N2. The molecular weight excluding hydrogens is 472 g/mol. The fraction of sp³-hybridized carbons (Fsp3) is 0.703. The third-order valence-corrected chi connectivity index (χ3v) is 6.74. The van der Waals surface area contributed by atoms with Crippen molar-refractivity contribution in [1.29, 1.82) is 0 Å². The number of aromatic nitrogens is 1. The number of rotatable bonds is 9. The highest BCUT2D eigenvalue weighted by Gasteiger charge is 2.06. The van der Waals surface area contributed by atoms with Gasteiger partial charge in [-0.2, -0.15) is 0 Å². The van der Waals surface area contributed by atoms with E-state index < -0.39 is 0 Å². The number of hydrogen-bond acceptors (Lipinski definition) is 2. The topological polar surface area (TPSA) is 16.1 Å². The Morgan fingerprint density at radius 3 is 1.13 bits per heavy atom. The molecule has 1 aromatic carbocycles. The van der Waals surface area contributed by atoms with Crippen LogP contribution in [0.4, 0.5) is 0 Å². The van der Waals surface area contributed by atoms with Gasteiger partial charge >= 0.3 is 0 Å². The van der Waals surface area contributed by atoms with Crippen LogP contribution >= 0.6 is 0 Å². The lowest BCUT2D eigenvalue weighted by atomic mass is 9.91. The zero-order chi connectivity index (χ0) is 30.7. The molecule has 2 heteroatoms. The molecule has 0 aliphatic carbocycles. The van der Waals surface area contributed by atoms with Crippen LogP contribution in [0.25, 0.3) is 0 Å². The summed E-state index contributed by atoms with van der Waals surface area (Å²) in [6.45, 7) is 32.6. The van der Waals surface area contributed by atoms with Gasteiger partial charge in [-0.15, -0.1) is 0 Å². The van der Waals surface area contributed by atoms with Gasteiger partial charge in [0.05, 0.1) is 0 Å². The third kappa shape index (κ3) is 21.8. The Morgan fingerprint density at radius 1 is 0.564 bits per heavy atom. The van der Waals surface area contributed by atoms with Crippen molar-refractivity contribution in [3.63, 3.8) is 0 Å². The van der Waals surface area contributed by atoms with Crippen molar-refractivity contribution < 1.29 is 0 Å². The van der Waals surface area contributed by atoms with E-state index in [0.29, 0.717) is 23.7 Å². The maximum atomic E-state index is 4.23. The number of benzene rings is 1. The molecule has 0 saturated heterocycles. The van der Waals surface area contributed by atoms with E-state index in [2.05, 4.69) is 151 Å². The second-order valence-electron chi connectivity index (χ2n) is 13.6. The predicted octanol–water partition coefficient (Wildman–Crippen LogP) is 11.5. The molecule has 2 nitrogen and oxygen atoms in total. The summed E-state index contributed by atoms with van der Waals surface area (Å²) in [4.78, 5) is 6.35. The van der Waals surface area contributed by atoms with Crippen molar-refractivity contribution >= 4 is 0 Å². The first-order valence-corrected chi connectivity index (χ1v) is 15.7. The van der Waals surface area contributed by atoms with E-state index in [1.54, 1.807) is 0 Å². The molecule has 0 saturated carbocycles. The van der Waals surface area contributed by atoms with Gasteiger partial charge in [-0.25, -0.2) is 0 Å². The lowest BCUT2D eigenvalue weighted by Gasteiger charge is -2.15. The van der Waals surface area contributed by atoms with Crippen molar-refractivity contribution in [3.05, 3.63) is 65.0 Å². The van der Waals surface area contributed by atoms with Gasteiger partial charge in [0.15, 0.2) is 0 Å². The Kier molecular flexibility index (Phi) is 22.3. The van der Waals surface area contributed by atoms with Gasteiger partial charge in [0.1, 0.15) is 0 Å². The van der Waals surface area contributed by atoms with Gasteiger partial charge in [0, 0.05) is 12.4 Å². The molecule has 0 N–H and O–H groups in total. The van der Waals surface area contributed by atoms with Gasteiger partial charge < -0.3 is 4.90 Å². The maximum absolute atomic E-state index is 4.23. The van der Waals surface area contributed by atoms with Crippen LogP contribution in [0, 0.1) is 17.8 Å². The van der Waals surface area contributed by atoms with Crippen molar-refractivity contribution in [2.45, 2.75) is 133 Å². The fourth-order valence-corrected chi connectivity index (χ4v) is 4.09. The summed E-state index contributed by atoms with van der Waals surface area (Å²) in [6.07, 6.45) is 6.68. The first-order chi connectivity index (χ1) is 18.0. The average molecular weight is 541 g/mol. The molecule has 0 aliphatic heterocycles.